The van der Waals surface area contributed by atoms with Crippen molar-refractivity contribution in [2.45, 2.75) is 25.8 Å². The van der Waals surface area contributed by atoms with Gasteiger partial charge in [-0.2, -0.15) is 0 Å². The normalized spacial score (nSPS) is 17.7. The topological polar surface area (TPSA) is 78.4 Å². The van der Waals surface area contributed by atoms with Crippen LogP contribution in [-0.4, -0.2) is 61.7 Å². The zero-order valence-electron chi connectivity index (χ0n) is 12.8. The van der Waals surface area contributed by atoms with E-state index in [4.69, 9.17) is 0 Å². The van der Waals surface area contributed by atoms with Crippen LogP contribution in [0.15, 0.2) is 12.4 Å². The van der Waals surface area contributed by atoms with E-state index >= 15 is 0 Å². The number of piperidine rings is 1. The molecule has 0 aliphatic carbocycles. The standard InChI is InChI=1S/C13H23N5O2S/c1-4-21(19,20)18-7-5-11(6-8-18)16-12-9-13(17(2)3)15-10-14-12/h9-11H,4-8H2,1-3H3,(H,14,15,16). The van der Waals surface area contributed by atoms with Crippen LogP contribution >= 0.6 is 0 Å². The first-order valence-electron chi connectivity index (χ1n) is 7.16. The summed E-state index contributed by atoms with van der Waals surface area (Å²) in [6.07, 6.45) is 3.12. The lowest BCUT2D eigenvalue weighted by Gasteiger charge is -2.31. The third-order valence-corrected chi connectivity index (χ3v) is 5.56. The zero-order chi connectivity index (χ0) is 15.5. The molecule has 2 rings (SSSR count). The van der Waals surface area contributed by atoms with Gasteiger partial charge in [0.25, 0.3) is 0 Å². The number of hydrogen-bond donors (Lipinski definition) is 1. The Bertz CT molecular complexity index is 568. The molecule has 0 amide bonds. The summed E-state index contributed by atoms with van der Waals surface area (Å²) in [5.41, 5.74) is 0. The predicted molar refractivity (Wildman–Crippen MR) is 84.0 cm³/mol. The first kappa shape index (κ1) is 16.0. The van der Waals surface area contributed by atoms with Crippen LogP contribution in [-0.2, 0) is 10.0 Å². The van der Waals surface area contributed by atoms with E-state index in [1.54, 1.807) is 11.2 Å². The van der Waals surface area contributed by atoms with Crippen molar-refractivity contribution >= 4 is 21.7 Å². The molecule has 8 heteroatoms. The van der Waals surface area contributed by atoms with Crippen molar-refractivity contribution in [3.8, 4) is 0 Å². The monoisotopic (exact) mass is 313 g/mol. The molecule has 7 nitrogen and oxygen atoms in total. The summed E-state index contributed by atoms with van der Waals surface area (Å²) >= 11 is 0. The van der Waals surface area contributed by atoms with Gasteiger partial charge < -0.3 is 10.2 Å². The van der Waals surface area contributed by atoms with Gasteiger partial charge in [-0.05, 0) is 19.8 Å². The smallest absolute Gasteiger partial charge is 0.213 e. The largest absolute Gasteiger partial charge is 0.367 e. The molecular formula is C13H23N5O2S. The highest BCUT2D eigenvalue weighted by Gasteiger charge is 2.26. The number of aromatic nitrogens is 2. The van der Waals surface area contributed by atoms with Crippen molar-refractivity contribution in [3.05, 3.63) is 12.4 Å². The van der Waals surface area contributed by atoms with Crippen LogP contribution in [0, 0.1) is 0 Å². The van der Waals surface area contributed by atoms with Gasteiger partial charge in [-0.1, -0.05) is 0 Å². The van der Waals surface area contributed by atoms with E-state index in [1.807, 2.05) is 25.1 Å². The summed E-state index contributed by atoms with van der Waals surface area (Å²) in [5, 5.41) is 3.37. The highest BCUT2D eigenvalue weighted by Crippen LogP contribution is 2.19. The molecule has 1 aliphatic heterocycles. The van der Waals surface area contributed by atoms with Gasteiger partial charge in [-0.3, -0.25) is 0 Å². The maximum absolute atomic E-state index is 11.8. The highest BCUT2D eigenvalue weighted by molar-refractivity contribution is 7.89. The molecule has 1 aliphatic rings. The lowest BCUT2D eigenvalue weighted by Crippen LogP contribution is -2.43. The Morgan fingerprint density at radius 3 is 2.57 bits per heavy atom. The molecule has 2 heterocycles. The van der Waals surface area contributed by atoms with Crippen molar-refractivity contribution in [1.82, 2.24) is 14.3 Å². The molecule has 1 aromatic rings. The Morgan fingerprint density at radius 2 is 2.00 bits per heavy atom. The lowest BCUT2D eigenvalue weighted by molar-refractivity contribution is 0.330. The Kier molecular flexibility index (Phi) is 5.00. The molecule has 0 atom stereocenters. The van der Waals surface area contributed by atoms with Crippen LogP contribution < -0.4 is 10.2 Å². The van der Waals surface area contributed by atoms with Gasteiger partial charge in [0.15, 0.2) is 0 Å². The molecular weight excluding hydrogens is 290 g/mol. The molecule has 1 N–H and O–H groups in total. The predicted octanol–water partition coefficient (Wildman–Crippen LogP) is 0.769. The van der Waals surface area contributed by atoms with Crippen molar-refractivity contribution in [2.24, 2.45) is 0 Å². The van der Waals surface area contributed by atoms with Crippen molar-refractivity contribution < 1.29 is 8.42 Å². The van der Waals surface area contributed by atoms with E-state index in [2.05, 4.69) is 15.3 Å². The minimum Gasteiger partial charge on any atom is -0.367 e. The van der Waals surface area contributed by atoms with Gasteiger partial charge in [0.1, 0.15) is 18.0 Å². The fourth-order valence-corrected chi connectivity index (χ4v) is 3.47. The molecule has 1 fully saturated rings. The van der Waals surface area contributed by atoms with Gasteiger partial charge >= 0.3 is 0 Å². The second kappa shape index (κ2) is 6.57. The number of sulfonamides is 1. The van der Waals surface area contributed by atoms with Gasteiger partial charge in [0.05, 0.1) is 5.75 Å². The van der Waals surface area contributed by atoms with Crippen molar-refractivity contribution in [1.29, 1.82) is 0 Å². The van der Waals surface area contributed by atoms with E-state index in [0.29, 0.717) is 13.1 Å². The molecule has 0 bridgehead atoms. The Morgan fingerprint density at radius 1 is 1.33 bits per heavy atom. The van der Waals surface area contributed by atoms with Gasteiger partial charge in [-0.15, -0.1) is 0 Å². The van der Waals surface area contributed by atoms with Crippen molar-refractivity contribution in [2.75, 3.05) is 43.2 Å². The zero-order valence-corrected chi connectivity index (χ0v) is 13.6. The summed E-state index contributed by atoms with van der Waals surface area (Å²) in [4.78, 5) is 10.3. The van der Waals surface area contributed by atoms with Crippen LogP contribution in [0.3, 0.4) is 0 Å². The number of nitrogens with zero attached hydrogens (tertiary/aromatic N) is 4. The number of hydrogen-bond acceptors (Lipinski definition) is 6. The Balaban J connectivity index is 1.93. The molecule has 0 spiro atoms. The molecule has 0 radical (unpaired) electrons. The SMILES string of the molecule is CCS(=O)(=O)N1CCC(Nc2cc(N(C)C)ncn2)CC1. The average molecular weight is 313 g/mol. The Labute approximate surface area is 126 Å². The van der Waals surface area contributed by atoms with Crippen LogP contribution in [0.2, 0.25) is 0 Å². The number of nitrogens with one attached hydrogen (secondary N) is 1. The van der Waals surface area contributed by atoms with E-state index < -0.39 is 10.0 Å². The van der Waals surface area contributed by atoms with E-state index in [0.717, 1.165) is 24.5 Å². The average Bonchev–Trinajstić information content (AvgIpc) is 2.48. The van der Waals surface area contributed by atoms with E-state index in [1.165, 1.54) is 6.33 Å². The van der Waals surface area contributed by atoms with Crippen LogP contribution in [0.25, 0.3) is 0 Å². The first-order chi connectivity index (χ1) is 9.92. The van der Waals surface area contributed by atoms with Crippen LogP contribution in [0.4, 0.5) is 11.6 Å². The molecule has 0 aromatic carbocycles. The Hall–Kier alpha value is -1.41. The molecule has 118 valence electrons. The first-order valence-corrected chi connectivity index (χ1v) is 8.77. The summed E-state index contributed by atoms with van der Waals surface area (Å²) in [6.45, 7) is 2.82. The molecule has 1 aromatic heterocycles. The second-order valence-corrected chi connectivity index (χ2v) is 7.63. The van der Waals surface area contributed by atoms with Crippen LogP contribution in [0.1, 0.15) is 19.8 Å². The maximum atomic E-state index is 11.8. The summed E-state index contributed by atoms with van der Waals surface area (Å²) in [7, 11) is 0.799. The van der Waals surface area contributed by atoms with Gasteiger partial charge in [-0.25, -0.2) is 22.7 Å². The second-order valence-electron chi connectivity index (χ2n) is 5.37. The summed E-state index contributed by atoms with van der Waals surface area (Å²) in [6, 6.07) is 2.15. The fraction of sp³-hybridized carbons (Fsp3) is 0.692. The molecule has 1 saturated heterocycles. The lowest BCUT2D eigenvalue weighted by atomic mass is 10.1. The maximum Gasteiger partial charge on any atom is 0.213 e. The number of rotatable bonds is 5. The van der Waals surface area contributed by atoms with Gasteiger partial charge in [0, 0.05) is 39.3 Å². The van der Waals surface area contributed by atoms with E-state index in [9.17, 15) is 8.42 Å². The third kappa shape index (κ3) is 4.04. The van der Waals surface area contributed by atoms with Gasteiger partial charge in [0.2, 0.25) is 10.0 Å². The quantitative estimate of drug-likeness (QED) is 0.865. The van der Waals surface area contributed by atoms with Crippen LogP contribution in [0.5, 0.6) is 0 Å². The van der Waals surface area contributed by atoms with Crippen molar-refractivity contribution in [3.63, 3.8) is 0 Å². The fourth-order valence-electron chi connectivity index (χ4n) is 2.34. The minimum absolute atomic E-state index is 0.170. The molecule has 0 unspecified atom stereocenters. The summed E-state index contributed by atoms with van der Waals surface area (Å²) in [5.74, 6) is 1.80. The minimum atomic E-state index is -3.06. The molecule has 21 heavy (non-hydrogen) atoms. The van der Waals surface area contributed by atoms with E-state index in [-0.39, 0.29) is 11.8 Å². The third-order valence-electron chi connectivity index (χ3n) is 3.67. The number of anilines is 2. The molecule has 0 saturated carbocycles. The summed E-state index contributed by atoms with van der Waals surface area (Å²) < 4.78 is 25.2. The highest BCUT2D eigenvalue weighted by atomic mass is 32.2.